The van der Waals surface area contributed by atoms with Crippen molar-refractivity contribution in [3.8, 4) is 0 Å². The van der Waals surface area contributed by atoms with E-state index in [0.717, 1.165) is 11.4 Å². The van der Waals surface area contributed by atoms with E-state index in [4.69, 9.17) is 0 Å². The van der Waals surface area contributed by atoms with Gasteiger partial charge in [-0.15, -0.1) is 11.8 Å². The van der Waals surface area contributed by atoms with Crippen molar-refractivity contribution < 1.29 is 4.79 Å². The number of hydrogen-bond donors (Lipinski definition) is 2. The summed E-state index contributed by atoms with van der Waals surface area (Å²) in [7, 11) is 0. The van der Waals surface area contributed by atoms with Crippen molar-refractivity contribution in [3.05, 3.63) is 48.0 Å². The summed E-state index contributed by atoms with van der Waals surface area (Å²) in [5, 5.41) is 2.86. The fourth-order valence-corrected chi connectivity index (χ4v) is 2.41. The fourth-order valence-electron chi connectivity index (χ4n) is 1.56. The zero-order chi connectivity index (χ0) is 13.5. The maximum atomic E-state index is 11.6. The van der Waals surface area contributed by atoms with Crippen molar-refractivity contribution in [1.82, 2.24) is 15.3 Å². The van der Waals surface area contributed by atoms with Gasteiger partial charge in [-0.1, -0.05) is 17.7 Å². The number of hydrogen-bond acceptors (Lipinski definition) is 3. The smallest absolute Gasteiger partial charge is 0.221 e. The molecule has 0 spiro atoms. The van der Waals surface area contributed by atoms with Gasteiger partial charge < -0.3 is 10.3 Å². The van der Waals surface area contributed by atoms with E-state index in [1.165, 1.54) is 10.5 Å². The molecular weight excluding hydrogens is 258 g/mol. The van der Waals surface area contributed by atoms with Crippen LogP contribution in [0.1, 0.15) is 17.7 Å². The number of imidazole rings is 1. The molecule has 0 bridgehead atoms. The molecule has 2 N–H and O–H groups in total. The predicted octanol–water partition coefficient (Wildman–Crippen LogP) is 2.52. The highest BCUT2D eigenvalue weighted by Crippen LogP contribution is 2.18. The maximum absolute atomic E-state index is 11.6. The van der Waals surface area contributed by atoms with Crippen LogP contribution in [-0.2, 0) is 11.3 Å². The van der Waals surface area contributed by atoms with Crippen LogP contribution in [0.5, 0.6) is 0 Å². The molecule has 2 aromatic rings. The Morgan fingerprint density at radius 3 is 2.84 bits per heavy atom. The van der Waals surface area contributed by atoms with Gasteiger partial charge in [-0.2, -0.15) is 0 Å². The molecule has 0 atom stereocenters. The molecule has 0 aliphatic rings. The molecule has 19 heavy (non-hydrogen) atoms. The first-order valence-electron chi connectivity index (χ1n) is 6.17. The van der Waals surface area contributed by atoms with E-state index in [9.17, 15) is 4.79 Å². The molecule has 2 rings (SSSR count). The van der Waals surface area contributed by atoms with Crippen molar-refractivity contribution >= 4 is 17.7 Å². The molecule has 1 heterocycles. The number of aryl methyl sites for hydroxylation is 1. The zero-order valence-electron chi connectivity index (χ0n) is 10.8. The van der Waals surface area contributed by atoms with Gasteiger partial charge >= 0.3 is 0 Å². The SMILES string of the molecule is Cc1ccc(SCCC(=O)NCc2cnc[nH]2)cc1. The summed E-state index contributed by atoms with van der Waals surface area (Å²) in [6.07, 6.45) is 3.84. The normalized spacial score (nSPS) is 10.4. The predicted molar refractivity (Wildman–Crippen MR) is 77.0 cm³/mol. The van der Waals surface area contributed by atoms with E-state index >= 15 is 0 Å². The number of benzene rings is 1. The Labute approximate surface area is 117 Å². The highest BCUT2D eigenvalue weighted by molar-refractivity contribution is 7.99. The van der Waals surface area contributed by atoms with Crippen LogP contribution in [0.3, 0.4) is 0 Å². The van der Waals surface area contributed by atoms with Crippen molar-refractivity contribution in [2.24, 2.45) is 0 Å². The van der Waals surface area contributed by atoms with Gasteiger partial charge in [-0.05, 0) is 19.1 Å². The molecule has 0 unspecified atom stereocenters. The molecule has 0 aliphatic carbocycles. The van der Waals surface area contributed by atoms with Crippen LogP contribution in [0, 0.1) is 6.92 Å². The maximum Gasteiger partial charge on any atom is 0.221 e. The lowest BCUT2D eigenvalue weighted by Crippen LogP contribution is -2.23. The number of carbonyl (C=O) groups is 1. The van der Waals surface area contributed by atoms with Crippen LogP contribution in [0.25, 0.3) is 0 Å². The van der Waals surface area contributed by atoms with Crippen LogP contribution in [0.4, 0.5) is 0 Å². The largest absolute Gasteiger partial charge is 0.350 e. The average molecular weight is 275 g/mol. The summed E-state index contributed by atoms with van der Waals surface area (Å²) in [6.45, 7) is 2.57. The summed E-state index contributed by atoms with van der Waals surface area (Å²) in [6, 6.07) is 8.34. The highest BCUT2D eigenvalue weighted by Gasteiger charge is 2.02. The molecule has 1 aromatic heterocycles. The Hall–Kier alpha value is -1.75. The Kier molecular flexibility index (Phi) is 5.03. The molecule has 1 amide bonds. The van der Waals surface area contributed by atoms with E-state index in [0.29, 0.717) is 13.0 Å². The first kappa shape index (κ1) is 13.7. The second-order valence-corrected chi connectivity index (χ2v) is 5.43. The van der Waals surface area contributed by atoms with Gasteiger partial charge in [0.1, 0.15) is 0 Å². The van der Waals surface area contributed by atoms with Crippen LogP contribution >= 0.6 is 11.8 Å². The van der Waals surface area contributed by atoms with Crippen LogP contribution in [0.15, 0.2) is 41.7 Å². The van der Waals surface area contributed by atoms with Gasteiger partial charge in [0.25, 0.3) is 0 Å². The van der Waals surface area contributed by atoms with Crippen LogP contribution in [0.2, 0.25) is 0 Å². The zero-order valence-corrected chi connectivity index (χ0v) is 11.7. The molecule has 0 saturated carbocycles. The molecule has 0 saturated heterocycles. The van der Waals surface area contributed by atoms with E-state index in [-0.39, 0.29) is 5.91 Å². The minimum Gasteiger partial charge on any atom is -0.350 e. The fraction of sp³-hybridized carbons (Fsp3) is 0.286. The molecular formula is C14H17N3OS. The monoisotopic (exact) mass is 275 g/mol. The second-order valence-electron chi connectivity index (χ2n) is 4.27. The van der Waals surface area contributed by atoms with E-state index in [2.05, 4.69) is 46.5 Å². The number of thioether (sulfide) groups is 1. The number of nitrogens with one attached hydrogen (secondary N) is 2. The number of rotatable bonds is 6. The molecule has 5 heteroatoms. The standard InChI is InChI=1S/C14H17N3OS/c1-11-2-4-13(5-3-11)19-7-6-14(18)16-9-12-8-15-10-17-12/h2-5,8,10H,6-7,9H2,1H3,(H,15,17)(H,16,18). The van der Waals surface area contributed by atoms with Gasteiger partial charge in [-0.3, -0.25) is 4.79 Å². The Bertz CT molecular complexity index is 508. The van der Waals surface area contributed by atoms with Crippen LogP contribution < -0.4 is 5.32 Å². The van der Waals surface area contributed by atoms with Crippen molar-refractivity contribution in [3.63, 3.8) is 0 Å². The number of nitrogens with zero attached hydrogens (tertiary/aromatic N) is 1. The third-order valence-corrected chi connectivity index (χ3v) is 3.66. The Morgan fingerprint density at radius 2 is 2.16 bits per heavy atom. The third-order valence-electron chi connectivity index (χ3n) is 2.65. The number of carbonyl (C=O) groups excluding carboxylic acids is 1. The number of aromatic nitrogens is 2. The third kappa shape index (κ3) is 4.79. The minimum atomic E-state index is 0.0641. The molecule has 100 valence electrons. The molecule has 1 aromatic carbocycles. The molecule has 0 fully saturated rings. The lowest BCUT2D eigenvalue weighted by atomic mass is 10.2. The van der Waals surface area contributed by atoms with Gasteiger partial charge in [-0.25, -0.2) is 4.98 Å². The van der Waals surface area contributed by atoms with Gasteiger partial charge in [0.05, 0.1) is 18.6 Å². The quantitative estimate of drug-likeness (QED) is 0.796. The minimum absolute atomic E-state index is 0.0641. The number of aromatic amines is 1. The first-order valence-corrected chi connectivity index (χ1v) is 7.16. The van der Waals surface area contributed by atoms with Gasteiger partial charge in [0, 0.05) is 23.3 Å². The van der Waals surface area contributed by atoms with E-state index in [1.807, 2.05) is 0 Å². The van der Waals surface area contributed by atoms with E-state index < -0.39 is 0 Å². The first-order chi connectivity index (χ1) is 9.24. The summed E-state index contributed by atoms with van der Waals surface area (Å²) < 4.78 is 0. The number of amides is 1. The van der Waals surface area contributed by atoms with Gasteiger partial charge in [0.15, 0.2) is 0 Å². The average Bonchev–Trinajstić information content (AvgIpc) is 2.92. The summed E-state index contributed by atoms with van der Waals surface area (Å²) >= 11 is 1.70. The molecule has 0 radical (unpaired) electrons. The van der Waals surface area contributed by atoms with E-state index in [1.54, 1.807) is 24.3 Å². The highest BCUT2D eigenvalue weighted by atomic mass is 32.2. The Morgan fingerprint density at radius 1 is 1.37 bits per heavy atom. The second kappa shape index (κ2) is 6.99. The van der Waals surface area contributed by atoms with Crippen LogP contribution in [-0.4, -0.2) is 21.6 Å². The Balaban J connectivity index is 1.65. The van der Waals surface area contributed by atoms with Crippen molar-refractivity contribution in [2.75, 3.05) is 5.75 Å². The summed E-state index contributed by atoms with van der Waals surface area (Å²) in [5.74, 6) is 0.854. The summed E-state index contributed by atoms with van der Waals surface area (Å²) in [4.78, 5) is 19.7. The molecule has 4 nitrogen and oxygen atoms in total. The molecule has 0 aliphatic heterocycles. The lowest BCUT2D eigenvalue weighted by molar-refractivity contribution is -0.120. The van der Waals surface area contributed by atoms with Gasteiger partial charge in [0.2, 0.25) is 5.91 Å². The summed E-state index contributed by atoms with van der Waals surface area (Å²) in [5.41, 5.74) is 2.17. The van der Waals surface area contributed by atoms with Crippen molar-refractivity contribution in [1.29, 1.82) is 0 Å². The topological polar surface area (TPSA) is 57.8 Å². The van der Waals surface area contributed by atoms with Crippen molar-refractivity contribution in [2.45, 2.75) is 24.8 Å². The number of H-pyrrole nitrogens is 1. The lowest BCUT2D eigenvalue weighted by Gasteiger charge is -2.04.